The molecule has 0 fully saturated rings. The summed E-state index contributed by atoms with van der Waals surface area (Å²) in [4.78, 5) is 0. The maximum absolute atomic E-state index is 8.13. The summed E-state index contributed by atoms with van der Waals surface area (Å²) in [5.74, 6) is 0.0945. The van der Waals surface area contributed by atoms with Crippen molar-refractivity contribution in [1.29, 1.82) is 0 Å². The summed E-state index contributed by atoms with van der Waals surface area (Å²) in [5, 5.41) is 0. The number of ether oxygens (including phenoxy) is 2. The second-order valence-electron chi connectivity index (χ2n) is 9.25. The molecule has 171 valence electrons. The van der Waals surface area contributed by atoms with Gasteiger partial charge in [-0.2, -0.15) is 0 Å². The van der Waals surface area contributed by atoms with Gasteiger partial charge in [0.1, 0.15) is 0 Å². The number of allylic oxidation sites excluding steroid dienone is 2. The molecular formula is C24H27Br2Cl2O2SiZr. The van der Waals surface area contributed by atoms with Crippen LogP contribution in [0.3, 0.4) is 0 Å². The first-order chi connectivity index (χ1) is 14.9. The zero-order valence-corrected chi connectivity index (χ0v) is 27.3. The number of hydrogen-bond acceptors (Lipinski definition) is 2. The normalized spacial score (nSPS) is 20.9. The van der Waals surface area contributed by atoms with Crippen LogP contribution in [0.5, 0.6) is 11.5 Å². The Labute approximate surface area is 216 Å². The second-order valence-corrected chi connectivity index (χ2v) is 53.5. The van der Waals surface area contributed by atoms with Gasteiger partial charge in [0.2, 0.25) is 0 Å². The van der Waals surface area contributed by atoms with E-state index in [1.165, 1.54) is 33.4 Å². The number of rotatable bonds is 5. The third-order valence-electron chi connectivity index (χ3n) is 7.22. The van der Waals surface area contributed by atoms with E-state index in [1.807, 2.05) is 12.1 Å². The Kier molecular flexibility index (Phi) is 6.85. The van der Waals surface area contributed by atoms with Gasteiger partial charge in [-0.1, -0.05) is 0 Å². The van der Waals surface area contributed by atoms with Crippen molar-refractivity contribution in [3.8, 4) is 11.5 Å². The van der Waals surface area contributed by atoms with E-state index < -0.39 is 21.5 Å². The Balaban J connectivity index is 2.02. The van der Waals surface area contributed by atoms with E-state index in [0.29, 0.717) is 0 Å². The minimum absolute atomic E-state index is 0.0390. The van der Waals surface area contributed by atoms with Gasteiger partial charge >= 0.3 is 219 Å². The molecule has 0 amide bonds. The molecule has 0 N–H and O–H groups in total. The zero-order chi connectivity index (χ0) is 23.6. The Morgan fingerprint density at radius 3 is 1.47 bits per heavy atom. The summed E-state index contributed by atoms with van der Waals surface area (Å²) < 4.78 is 13.4. The van der Waals surface area contributed by atoms with Gasteiger partial charge in [0, 0.05) is 0 Å². The van der Waals surface area contributed by atoms with Gasteiger partial charge in [-0.25, -0.2) is 0 Å². The van der Waals surface area contributed by atoms with Crippen molar-refractivity contribution in [3.63, 3.8) is 0 Å². The first-order valence-electron chi connectivity index (χ1n) is 10.6. The summed E-state index contributed by atoms with van der Waals surface area (Å²) in [6.45, 7) is 9.06. The number of hydrogen-bond donors (Lipinski definition) is 0. The van der Waals surface area contributed by atoms with Crippen LogP contribution in [0, 0.1) is 0 Å². The molecule has 4 rings (SSSR count). The van der Waals surface area contributed by atoms with Crippen LogP contribution < -0.4 is 9.47 Å². The molecule has 2 unspecified atom stereocenters. The molecule has 0 bridgehead atoms. The molecule has 2 aliphatic rings. The van der Waals surface area contributed by atoms with E-state index in [2.05, 4.69) is 83.1 Å². The van der Waals surface area contributed by atoms with E-state index in [-0.39, 0.29) is 7.25 Å². The maximum atomic E-state index is 8.13. The predicted molar refractivity (Wildman–Crippen MR) is 145 cm³/mol. The minimum atomic E-state index is -4.63. The molecule has 0 aliphatic heterocycles. The molecule has 0 saturated carbocycles. The molecule has 0 saturated heterocycles. The van der Waals surface area contributed by atoms with Gasteiger partial charge in [0.25, 0.3) is 0 Å². The van der Waals surface area contributed by atoms with Crippen LogP contribution >= 0.6 is 48.9 Å². The zero-order valence-electron chi connectivity index (χ0n) is 19.0. The topological polar surface area (TPSA) is 18.5 Å². The fourth-order valence-corrected chi connectivity index (χ4v) is 39.6. The Morgan fingerprint density at radius 2 is 1.16 bits per heavy atom. The molecule has 32 heavy (non-hydrogen) atoms. The number of methoxy groups -OCH3 is 2. The number of benzene rings is 2. The Hall–Kier alpha value is 0.160. The van der Waals surface area contributed by atoms with Crippen LogP contribution in [0.25, 0.3) is 12.2 Å². The molecule has 2 atom stereocenters. The average molecular weight is 698 g/mol. The molecule has 2 nitrogen and oxygen atoms in total. The van der Waals surface area contributed by atoms with Crippen molar-refractivity contribution < 1.29 is 25.0 Å². The molecule has 0 heterocycles. The summed E-state index contributed by atoms with van der Waals surface area (Å²) >= 11 is 2.88. The predicted octanol–water partition coefficient (Wildman–Crippen LogP) is 8.83. The second kappa shape index (κ2) is 8.68. The van der Waals surface area contributed by atoms with Gasteiger partial charge in [-0.05, 0) is 0 Å². The Morgan fingerprint density at radius 1 is 0.781 bits per heavy atom. The molecule has 2 aromatic rings. The summed E-state index contributed by atoms with van der Waals surface area (Å²) in [6.07, 6.45) is 4.52. The van der Waals surface area contributed by atoms with Crippen LogP contribution in [-0.4, -0.2) is 20.1 Å². The molecule has 0 radical (unpaired) electrons. The van der Waals surface area contributed by atoms with E-state index in [1.54, 1.807) is 14.2 Å². The first kappa shape index (κ1) is 25.3. The standard InChI is InChI=1S/2C11H10BrO.C2H7Si.2ClH.Zr/c2*1-7-3-8-5-9(13-2)6-11(12)10(8)4-7;1-3-2;;;/h2*3-6H,1-2H3;3H,1-2H3;2*1H;/q;;;;;+2/p-2. The van der Waals surface area contributed by atoms with Crippen molar-refractivity contribution in [1.82, 2.24) is 0 Å². The van der Waals surface area contributed by atoms with Crippen LogP contribution in [-0.2, 0) is 15.6 Å². The van der Waals surface area contributed by atoms with Crippen LogP contribution in [0.15, 0.2) is 44.4 Å². The molecular weight excluding hydrogens is 670 g/mol. The molecule has 2 aliphatic carbocycles. The summed E-state index contributed by atoms with van der Waals surface area (Å²) in [5.41, 5.74) is 7.28. The van der Waals surface area contributed by atoms with Crippen LogP contribution in [0.1, 0.15) is 43.4 Å². The fraction of sp³-hybridized carbons (Fsp3) is 0.333. The van der Waals surface area contributed by atoms with Gasteiger partial charge < -0.3 is 0 Å². The SMILES string of the molecule is COc1cc(Br)c2c(c1)[CH]([Zr]([Cl])([Cl])([CH]1C(C)=Cc3c(Br)cc(OC)cc31)[SiH](C)C)C(C)=C2. The van der Waals surface area contributed by atoms with Gasteiger partial charge in [0.15, 0.2) is 0 Å². The monoisotopic (exact) mass is 693 g/mol. The van der Waals surface area contributed by atoms with Gasteiger partial charge in [-0.3, -0.25) is 0 Å². The van der Waals surface area contributed by atoms with Crippen LogP contribution in [0.4, 0.5) is 0 Å². The third-order valence-corrected chi connectivity index (χ3v) is 60.8. The van der Waals surface area contributed by atoms with Crippen molar-refractivity contribution >= 4 is 67.0 Å². The Bertz CT molecular complexity index is 1110. The molecule has 0 aromatic heterocycles. The van der Waals surface area contributed by atoms with E-state index in [9.17, 15) is 0 Å². The van der Waals surface area contributed by atoms with E-state index in [4.69, 9.17) is 26.5 Å². The van der Waals surface area contributed by atoms with Crippen molar-refractivity contribution in [2.75, 3.05) is 14.2 Å². The summed E-state index contributed by atoms with van der Waals surface area (Å²) in [7, 11) is 19.7. The number of halogens is 4. The van der Waals surface area contributed by atoms with E-state index >= 15 is 0 Å². The molecule has 0 spiro atoms. The van der Waals surface area contributed by atoms with Crippen molar-refractivity contribution in [2.24, 2.45) is 0 Å². The molecule has 8 heteroatoms. The van der Waals surface area contributed by atoms with Crippen molar-refractivity contribution in [2.45, 2.75) is 34.2 Å². The average Bonchev–Trinajstić information content (AvgIpc) is 3.25. The third kappa shape index (κ3) is 3.62. The summed E-state index contributed by atoms with van der Waals surface area (Å²) in [6, 6.07) is 8.32. The molecule has 2 aromatic carbocycles. The van der Waals surface area contributed by atoms with Gasteiger partial charge in [0.05, 0.1) is 0 Å². The van der Waals surface area contributed by atoms with Crippen molar-refractivity contribution in [3.05, 3.63) is 66.6 Å². The van der Waals surface area contributed by atoms with Crippen LogP contribution in [0.2, 0.25) is 13.1 Å². The quantitative estimate of drug-likeness (QED) is 0.291. The number of fused-ring (bicyclic) bond motifs is 2. The first-order valence-corrected chi connectivity index (χ1v) is 28.5. The fourth-order valence-electron chi connectivity index (χ4n) is 5.65. The van der Waals surface area contributed by atoms with E-state index in [0.717, 1.165) is 20.4 Å². The van der Waals surface area contributed by atoms with Gasteiger partial charge in [-0.15, -0.1) is 0 Å².